The molecule has 150 valence electrons. The lowest BCUT2D eigenvalue weighted by Crippen LogP contribution is -2.08. The van der Waals surface area contributed by atoms with Gasteiger partial charge in [-0.25, -0.2) is 0 Å². The van der Waals surface area contributed by atoms with Crippen LogP contribution >= 0.6 is 11.6 Å². The van der Waals surface area contributed by atoms with Gasteiger partial charge in [-0.3, -0.25) is 14.4 Å². The predicted octanol–water partition coefficient (Wildman–Crippen LogP) is 3.39. The van der Waals surface area contributed by atoms with Gasteiger partial charge in [-0.2, -0.15) is 0 Å². The van der Waals surface area contributed by atoms with E-state index in [9.17, 15) is 4.79 Å². The summed E-state index contributed by atoms with van der Waals surface area (Å²) in [4.78, 5) is 14.5. The Morgan fingerprint density at radius 2 is 1.97 bits per heavy atom. The first-order chi connectivity index (χ1) is 14.0. The molecule has 1 aliphatic rings. The van der Waals surface area contributed by atoms with Crippen LogP contribution in [0.15, 0.2) is 53.5 Å². The minimum absolute atomic E-state index is 0.191. The van der Waals surface area contributed by atoms with E-state index < -0.39 is 5.97 Å². The first kappa shape index (κ1) is 20.7. The zero-order valence-electron chi connectivity index (χ0n) is 16.0. The Kier molecular flexibility index (Phi) is 6.74. The molecule has 29 heavy (non-hydrogen) atoms. The number of carboxylic acid groups (broad SMARTS) is 1. The summed E-state index contributed by atoms with van der Waals surface area (Å²) >= 11 is 6.23. The molecular formula is C21H22ClN5O2. The summed E-state index contributed by atoms with van der Waals surface area (Å²) in [5.41, 5.74) is 9.03. The molecule has 8 heteroatoms. The molecule has 3 N–H and O–H groups in total. The van der Waals surface area contributed by atoms with Crippen LogP contribution in [-0.2, 0) is 11.3 Å². The lowest BCUT2D eigenvalue weighted by molar-refractivity contribution is -0.137. The van der Waals surface area contributed by atoms with Gasteiger partial charge >= 0.3 is 5.97 Å². The number of benzene rings is 2. The molecule has 1 aromatic heterocycles. The van der Waals surface area contributed by atoms with Gasteiger partial charge in [0.1, 0.15) is 12.4 Å². The largest absolute Gasteiger partial charge is 0.481 e. The van der Waals surface area contributed by atoms with Crippen molar-refractivity contribution in [1.29, 1.82) is 0 Å². The maximum Gasteiger partial charge on any atom is 0.303 e. The Bertz CT molecular complexity index is 1030. The minimum atomic E-state index is -0.773. The molecule has 2 aromatic carbocycles. The van der Waals surface area contributed by atoms with E-state index in [1.807, 2.05) is 47.9 Å². The molecular weight excluding hydrogens is 390 g/mol. The van der Waals surface area contributed by atoms with Crippen molar-refractivity contribution in [3.8, 4) is 5.69 Å². The van der Waals surface area contributed by atoms with Crippen molar-refractivity contribution in [3.63, 3.8) is 0 Å². The summed E-state index contributed by atoms with van der Waals surface area (Å²) in [6, 6.07) is 16.0. The number of fused-ring (bicyclic) bond motifs is 3. The molecule has 0 fully saturated rings. The molecule has 7 nitrogen and oxygen atoms in total. The highest BCUT2D eigenvalue weighted by atomic mass is 35.5. The van der Waals surface area contributed by atoms with E-state index in [1.54, 1.807) is 0 Å². The predicted molar refractivity (Wildman–Crippen MR) is 113 cm³/mol. The Hall–Kier alpha value is -3.03. The number of rotatable bonds is 4. The van der Waals surface area contributed by atoms with Gasteiger partial charge in [0.2, 0.25) is 0 Å². The molecule has 4 rings (SSSR count). The standard InChI is InChI=1S/C17H13ClN4.C4H9NO2/c1-11-20-21-16-10-19-17(12-5-3-2-4-6-12)14-9-13(18)7-8-15(14)22(11)16;5-3-1-2-4(6)7/h2-9H,10H2,1H3;1-3,5H2,(H,6,7). The quantitative estimate of drug-likeness (QED) is 0.684. The van der Waals surface area contributed by atoms with Gasteiger partial charge in [0.05, 0.1) is 11.4 Å². The van der Waals surface area contributed by atoms with Crippen LogP contribution < -0.4 is 5.73 Å². The molecule has 0 radical (unpaired) electrons. The maximum absolute atomic E-state index is 9.70. The van der Waals surface area contributed by atoms with Gasteiger partial charge in [-0.1, -0.05) is 41.9 Å². The van der Waals surface area contributed by atoms with Crippen LogP contribution in [0.1, 0.15) is 35.6 Å². The molecule has 0 spiro atoms. The van der Waals surface area contributed by atoms with Crippen molar-refractivity contribution >= 4 is 23.3 Å². The van der Waals surface area contributed by atoms with Crippen molar-refractivity contribution in [1.82, 2.24) is 14.8 Å². The fourth-order valence-corrected chi connectivity index (χ4v) is 3.22. The van der Waals surface area contributed by atoms with Crippen molar-refractivity contribution in [3.05, 3.63) is 76.3 Å². The lowest BCUT2D eigenvalue weighted by atomic mass is 10.0. The summed E-state index contributed by atoms with van der Waals surface area (Å²) in [5.74, 6) is 0.917. The van der Waals surface area contributed by atoms with Gasteiger partial charge in [0.15, 0.2) is 5.82 Å². The summed E-state index contributed by atoms with van der Waals surface area (Å²) in [6.45, 7) is 2.91. The molecule has 1 aliphatic heterocycles. The Labute approximate surface area is 173 Å². The zero-order valence-corrected chi connectivity index (χ0v) is 16.8. The van der Waals surface area contributed by atoms with Gasteiger partial charge in [-0.05, 0) is 38.1 Å². The van der Waals surface area contributed by atoms with Crippen LogP contribution in [0, 0.1) is 6.92 Å². The fraction of sp³-hybridized carbons (Fsp3) is 0.238. The van der Waals surface area contributed by atoms with Crippen LogP contribution in [0.5, 0.6) is 0 Å². The summed E-state index contributed by atoms with van der Waals surface area (Å²) < 4.78 is 2.05. The fourth-order valence-electron chi connectivity index (χ4n) is 3.05. The van der Waals surface area contributed by atoms with Crippen LogP contribution in [-0.4, -0.2) is 38.1 Å². The summed E-state index contributed by atoms with van der Waals surface area (Å²) in [5, 5.41) is 17.1. The second-order valence-corrected chi connectivity index (χ2v) is 6.91. The number of aliphatic carboxylic acids is 1. The van der Waals surface area contributed by atoms with Crippen LogP contribution in [0.2, 0.25) is 5.02 Å². The van der Waals surface area contributed by atoms with Gasteiger partial charge in [-0.15, -0.1) is 10.2 Å². The van der Waals surface area contributed by atoms with E-state index >= 15 is 0 Å². The third-order valence-electron chi connectivity index (χ3n) is 4.37. The Morgan fingerprint density at radius 3 is 2.62 bits per heavy atom. The average Bonchev–Trinajstić information content (AvgIpc) is 3.00. The van der Waals surface area contributed by atoms with E-state index in [2.05, 4.69) is 22.3 Å². The van der Waals surface area contributed by atoms with Crippen LogP contribution in [0.3, 0.4) is 0 Å². The van der Waals surface area contributed by atoms with Gasteiger partial charge in [0, 0.05) is 22.6 Å². The van der Waals surface area contributed by atoms with E-state index in [-0.39, 0.29) is 6.42 Å². The van der Waals surface area contributed by atoms with Gasteiger partial charge in [0.25, 0.3) is 0 Å². The number of hydrogen-bond acceptors (Lipinski definition) is 5. The highest BCUT2D eigenvalue weighted by Gasteiger charge is 2.21. The second-order valence-electron chi connectivity index (χ2n) is 6.48. The number of halogens is 1. The Balaban J connectivity index is 0.000000298. The first-order valence-corrected chi connectivity index (χ1v) is 9.62. The number of carboxylic acids is 1. The molecule has 0 saturated heterocycles. The molecule has 0 saturated carbocycles. The maximum atomic E-state index is 9.70. The van der Waals surface area contributed by atoms with E-state index in [0.717, 1.165) is 34.2 Å². The topological polar surface area (TPSA) is 106 Å². The number of nitrogens with two attached hydrogens (primary N) is 1. The molecule has 0 atom stereocenters. The van der Waals surface area contributed by atoms with Crippen LogP contribution in [0.4, 0.5) is 0 Å². The third-order valence-corrected chi connectivity index (χ3v) is 4.60. The second kappa shape index (κ2) is 9.45. The minimum Gasteiger partial charge on any atom is -0.481 e. The molecule has 0 unspecified atom stereocenters. The summed E-state index contributed by atoms with van der Waals surface area (Å²) in [6.07, 6.45) is 0.770. The smallest absolute Gasteiger partial charge is 0.303 e. The molecule has 0 bridgehead atoms. The molecule has 0 aliphatic carbocycles. The molecule has 3 aromatic rings. The van der Waals surface area contributed by atoms with E-state index in [0.29, 0.717) is 24.5 Å². The van der Waals surface area contributed by atoms with E-state index in [1.165, 1.54) is 0 Å². The molecule has 0 amide bonds. The summed E-state index contributed by atoms with van der Waals surface area (Å²) in [7, 11) is 0. The Morgan fingerprint density at radius 1 is 1.21 bits per heavy atom. The third kappa shape index (κ3) is 4.88. The van der Waals surface area contributed by atoms with Crippen LogP contribution in [0.25, 0.3) is 5.69 Å². The first-order valence-electron chi connectivity index (χ1n) is 9.24. The number of aliphatic imine (C=N–C) groups is 1. The van der Waals surface area contributed by atoms with Crippen molar-refractivity contribution in [2.75, 3.05) is 6.54 Å². The van der Waals surface area contributed by atoms with Crippen molar-refractivity contribution in [2.45, 2.75) is 26.3 Å². The monoisotopic (exact) mass is 411 g/mol. The number of aryl methyl sites for hydroxylation is 1. The van der Waals surface area contributed by atoms with Gasteiger partial charge < -0.3 is 10.8 Å². The number of nitrogens with zero attached hydrogens (tertiary/aromatic N) is 4. The normalized spacial score (nSPS) is 12.0. The lowest BCUT2D eigenvalue weighted by Gasteiger charge is -2.12. The number of carbonyl (C=O) groups is 1. The zero-order chi connectivity index (χ0) is 20.8. The number of aromatic nitrogens is 3. The SMILES string of the molecule is Cc1nnc2n1-c1ccc(Cl)cc1C(c1ccccc1)=NC2.NCCCC(=O)O. The number of hydrogen-bond donors (Lipinski definition) is 2. The van der Waals surface area contributed by atoms with Crippen molar-refractivity contribution in [2.24, 2.45) is 10.7 Å². The highest BCUT2D eigenvalue weighted by Crippen LogP contribution is 2.27. The van der Waals surface area contributed by atoms with Crippen molar-refractivity contribution < 1.29 is 9.90 Å². The average molecular weight is 412 g/mol. The highest BCUT2D eigenvalue weighted by molar-refractivity contribution is 6.31. The van der Waals surface area contributed by atoms with E-state index in [4.69, 9.17) is 27.4 Å². The molecule has 2 heterocycles.